The number of rotatable bonds is 7. The molecule has 4 atom stereocenters. The number of nitrogens with two attached hydrogens (primary N) is 1. The van der Waals surface area contributed by atoms with Crippen LogP contribution in [0.25, 0.3) is 0 Å². The predicted octanol–water partition coefficient (Wildman–Crippen LogP) is 1.40. The van der Waals surface area contributed by atoms with Crippen molar-refractivity contribution in [2.45, 2.75) is 79.9 Å². The lowest BCUT2D eigenvalue weighted by atomic mass is 9.98. The number of carbonyl (C=O) groups is 5. The molecular weight excluding hydrogens is 478 g/mol. The Hall–Kier alpha value is -2.85. The van der Waals surface area contributed by atoms with Crippen LogP contribution in [0.1, 0.15) is 68.2 Å². The third-order valence-electron chi connectivity index (χ3n) is 6.55. The monoisotopic (exact) mass is 525 g/mol. The van der Waals surface area contributed by atoms with Crippen molar-refractivity contribution >= 4 is 30.2 Å². The van der Waals surface area contributed by atoms with Crippen LogP contribution in [0.2, 0.25) is 0 Å². The second kappa shape index (κ2) is 13.6. The average molecular weight is 526 g/mol. The molecule has 212 valence electrons. The van der Waals surface area contributed by atoms with Crippen LogP contribution in [0.3, 0.4) is 0 Å². The minimum atomic E-state index is -0.749. The van der Waals surface area contributed by atoms with Crippen LogP contribution in [0.4, 0.5) is 4.79 Å². The zero-order chi connectivity index (χ0) is 28.6. The smallest absolute Gasteiger partial charge is 0.408 e. The minimum Gasteiger partial charge on any atom is -0.444 e. The molecule has 0 aromatic heterocycles. The van der Waals surface area contributed by atoms with Gasteiger partial charge >= 0.3 is 6.09 Å². The Balaban J connectivity index is 0.000000335. The summed E-state index contributed by atoms with van der Waals surface area (Å²) in [5, 5.41) is 7.46. The van der Waals surface area contributed by atoms with Gasteiger partial charge in [-0.15, -0.1) is 0 Å². The molecule has 0 aromatic rings. The summed E-state index contributed by atoms with van der Waals surface area (Å²) in [6.07, 6.45) is 0.844. The number of fused-ring (bicyclic) bond motifs is 1. The topological polar surface area (TPSA) is 160 Å². The predicted molar refractivity (Wildman–Crippen MR) is 140 cm³/mol. The fourth-order valence-corrected chi connectivity index (χ4v) is 4.41. The molecule has 2 saturated heterocycles. The van der Waals surface area contributed by atoms with Crippen LogP contribution in [0, 0.1) is 29.1 Å². The maximum atomic E-state index is 11.9. The first-order chi connectivity index (χ1) is 17.0. The van der Waals surface area contributed by atoms with Gasteiger partial charge in [-0.3, -0.25) is 19.2 Å². The fourth-order valence-electron chi connectivity index (χ4n) is 4.41. The fraction of sp³-hybridized carbons (Fsp3) is 0.808. The number of nitrogens with zero attached hydrogens (tertiary/aromatic N) is 1. The van der Waals surface area contributed by atoms with Crippen LogP contribution in [-0.4, -0.2) is 72.9 Å². The Morgan fingerprint density at radius 2 is 1.73 bits per heavy atom. The number of piperidine rings is 1. The Morgan fingerprint density at radius 3 is 2.14 bits per heavy atom. The van der Waals surface area contributed by atoms with E-state index in [0.717, 1.165) is 19.0 Å². The quantitative estimate of drug-likeness (QED) is 0.368. The Kier molecular flexibility index (Phi) is 11.8. The Morgan fingerprint density at radius 1 is 1.19 bits per heavy atom. The van der Waals surface area contributed by atoms with Crippen molar-refractivity contribution in [2.24, 2.45) is 34.8 Å². The van der Waals surface area contributed by atoms with Gasteiger partial charge in [-0.25, -0.2) is 4.79 Å². The maximum absolute atomic E-state index is 11.9. The molecule has 1 saturated carbocycles. The van der Waals surface area contributed by atoms with Crippen molar-refractivity contribution in [3.05, 3.63) is 0 Å². The second-order valence-electron chi connectivity index (χ2n) is 12.2. The van der Waals surface area contributed by atoms with Gasteiger partial charge in [-0.1, -0.05) is 34.6 Å². The standard InChI is InChI=1S/C14H24N2O3.C8H13N3O3.C4H10/c1-13(2,3)19-12(18)15-6-11(17)16-7-9-10(8-16)14(9,4)5;9-7(13)6(11-4-12)3-5-1-2-10-8(5)14;1-4(2)3/h9-10H,6-8H2,1-5H3,(H,15,18);4-6H,1-3H2,(H2,9,13)(H,10,14)(H,11,12);4H,1-3H3. The molecule has 0 spiro atoms. The van der Waals surface area contributed by atoms with Crippen LogP contribution in [0.5, 0.6) is 0 Å². The van der Waals surface area contributed by atoms with Gasteiger partial charge in [0.05, 0.1) is 0 Å². The lowest BCUT2D eigenvalue weighted by Crippen LogP contribution is -2.42. The molecule has 2 heterocycles. The van der Waals surface area contributed by atoms with E-state index in [1.165, 1.54) is 0 Å². The maximum Gasteiger partial charge on any atom is 0.408 e. The van der Waals surface area contributed by atoms with Gasteiger partial charge in [0.25, 0.3) is 0 Å². The summed E-state index contributed by atoms with van der Waals surface area (Å²) in [4.78, 5) is 57.4. The van der Waals surface area contributed by atoms with Gasteiger partial charge in [0.1, 0.15) is 18.2 Å². The summed E-state index contributed by atoms with van der Waals surface area (Å²) in [6, 6.07) is -0.749. The lowest BCUT2D eigenvalue weighted by Gasteiger charge is -2.23. The molecule has 5 amide bonds. The summed E-state index contributed by atoms with van der Waals surface area (Å²) in [5.74, 6) is 1.17. The van der Waals surface area contributed by atoms with Gasteiger partial charge in [0, 0.05) is 25.6 Å². The van der Waals surface area contributed by atoms with E-state index >= 15 is 0 Å². The molecule has 3 rings (SSSR count). The Bertz CT molecular complexity index is 806. The molecule has 11 heteroatoms. The van der Waals surface area contributed by atoms with E-state index in [1.807, 2.05) is 4.90 Å². The van der Waals surface area contributed by atoms with Crippen LogP contribution < -0.4 is 21.7 Å². The van der Waals surface area contributed by atoms with Gasteiger partial charge in [-0.05, 0) is 56.8 Å². The van der Waals surface area contributed by atoms with E-state index in [-0.39, 0.29) is 30.7 Å². The average Bonchev–Trinajstić information content (AvgIpc) is 3.16. The van der Waals surface area contributed by atoms with Gasteiger partial charge in [0.15, 0.2) is 0 Å². The van der Waals surface area contributed by atoms with Crippen LogP contribution >= 0.6 is 0 Å². The minimum absolute atomic E-state index is 0.0196. The first kappa shape index (κ1) is 32.2. The van der Waals surface area contributed by atoms with Crippen molar-refractivity contribution in [3.8, 4) is 0 Å². The number of ether oxygens (including phenoxy) is 1. The zero-order valence-corrected chi connectivity index (χ0v) is 23.7. The normalized spacial score (nSPS) is 23.8. The number of hydrogen-bond acceptors (Lipinski definition) is 6. The van der Waals surface area contributed by atoms with Crippen molar-refractivity contribution in [1.82, 2.24) is 20.9 Å². The highest BCUT2D eigenvalue weighted by Gasteiger charge is 2.62. The van der Waals surface area contributed by atoms with Crippen LogP contribution in [-0.2, 0) is 23.9 Å². The highest BCUT2D eigenvalue weighted by Crippen LogP contribution is 2.61. The molecule has 1 aliphatic carbocycles. The molecular formula is C26H47N5O6. The number of primary amides is 1. The molecule has 11 nitrogen and oxygen atoms in total. The van der Waals surface area contributed by atoms with E-state index < -0.39 is 23.6 Å². The van der Waals surface area contributed by atoms with E-state index in [4.69, 9.17) is 10.5 Å². The number of amides is 5. The molecule has 37 heavy (non-hydrogen) atoms. The summed E-state index contributed by atoms with van der Waals surface area (Å²) < 4.78 is 5.09. The SMILES string of the molecule is CC(C)(C)OC(=O)NCC(=O)N1CC2C(C1)C2(C)C.CC(C)C.NC(=O)C(CC1CCNC1=O)NC=O. The first-order valence-corrected chi connectivity index (χ1v) is 13.0. The summed E-state index contributed by atoms with van der Waals surface area (Å²) in [6.45, 7) is 18.7. The zero-order valence-electron chi connectivity index (χ0n) is 23.7. The molecule has 2 aliphatic heterocycles. The second-order valence-corrected chi connectivity index (χ2v) is 12.2. The molecule has 4 unspecified atom stereocenters. The van der Waals surface area contributed by atoms with Crippen molar-refractivity contribution < 1.29 is 28.7 Å². The molecule has 0 aromatic carbocycles. The van der Waals surface area contributed by atoms with Gasteiger partial charge in [0.2, 0.25) is 24.1 Å². The third kappa shape index (κ3) is 11.0. The van der Waals surface area contributed by atoms with Gasteiger partial charge < -0.3 is 31.3 Å². The first-order valence-electron chi connectivity index (χ1n) is 13.0. The molecule has 0 radical (unpaired) electrons. The van der Waals surface area contributed by atoms with E-state index in [9.17, 15) is 24.0 Å². The lowest BCUT2D eigenvalue weighted by molar-refractivity contribution is -0.130. The highest BCUT2D eigenvalue weighted by atomic mass is 16.6. The number of hydrogen-bond donors (Lipinski definition) is 4. The summed E-state index contributed by atoms with van der Waals surface area (Å²) >= 11 is 0. The molecule has 3 fully saturated rings. The van der Waals surface area contributed by atoms with E-state index in [2.05, 4.69) is 50.6 Å². The van der Waals surface area contributed by atoms with Crippen molar-refractivity contribution in [1.29, 1.82) is 0 Å². The summed E-state index contributed by atoms with van der Waals surface area (Å²) in [7, 11) is 0. The third-order valence-corrected chi connectivity index (χ3v) is 6.55. The molecule has 0 bridgehead atoms. The molecule has 3 aliphatic rings. The molecule has 5 N–H and O–H groups in total. The summed E-state index contributed by atoms with van der Waals surface area (Å²) in [5.41, 5.74) is 4.92. The van der Waals surface area contributed by atoms with E-state index in [0.29, 0.717) is 36.6 Å². The largest absolute Gasteiger partial charge is 0.444 e. The van der Waals surface area contributed by atoms with Gasteiger partial charge in [-0.2, -0.15) is 0 Å². The highest BCUT2D eigenvalue weighted by molar-refractivity contribution is 5.85. The number of nitrogens with one attached hydrogen (secondary N) is 3. The van der Waals surface area contributed by atoms with E-state index in [1.54, 1.807) is 20.8 Å². The number of carbonyl (C=O) groups excluding carboxylic acids is 5. The van der Waals surface area contributed by atoms with Crippen molar-refractivity contribution in [3.63, 3.8) is 0 Å². The Labute approximate surface area is 221 Å². The van der Waals surface area contributed by atoms with Crippen LogP contribution in [0.15, 0.2) is 0 Å². The van der Waals surface area contributed by atoms with Crippen molar-refractivity contribution in [2.75, 3.05) is 26.2 Å². The number of alkyl carbamates (subject to hydrolysis) is 1. The number of likely N-dealkylation sites (tertiary alicyclic amines) is 1.